The summed E-state index contributed by atoms with van der Waals surface area (Å²) >= 11 is 0. The molecule has 0 saturated heterocycles. The number of nitrogens with one attached hydrogen (secondary N) is 1. The zero-order valence-electron chi connectivity index (χ0n) is 42.2. The molecule has 1 N–H and O–H groups in total. The van der Waals surface area contributed by atoms with E-state index in [2.05, 4.69) is 228 Å². The lowest BCUT2D eigenvalue weighted by Crippen LogP contribution is -2.27. The van der Waals surface area contributed by atoms with Crippen LogP contribution in [0.25, 0.3) is 44.3 Å². The minimum atomic E-state index is -0.230. The van der Waals surface area contributed by atoms with Crippen LogP contribution < -0.4 is 15.0 Å². The summed E-state index contributed by atoms with van der Waals surface area (Å²) in [4.78, 5) is 7.56. The highest BCUT2D eigenvalue weighted by atomic mass is 16.5. The molecule has 0 aliphatic carbocycles. The topological polar surface area (TPSA) is 50.5 Å². The van der Waals surface area contributed by atoms with Gasteiger partial charge in [-0.3, -0.25) is 4.98 Å². The SMILES string of the molecule is CC(C)c1cccc(C(C)C)c1-c1ccnc(-c2cc(Oc3cc(C4Nc5ccccc5N4c4c(C(C)C)cc5c(oc6ccccc65)c4C(C)C)cc(C(C)(C)C)c3)cc(C(C)(C)C)c2)c1. The Balaban J connectivity index is 1.19. The molecule has 0 saturated carbocycles. The molecule has 5 heteroatoms. The van der Waals surface area contributed by atoms with Gasteiger partial charge >= 0.3 is 0 Å². The highest BCUT2D eigenvalue weighted by Gasteiger charge is 2.37. The van der Waals surface area contributed by atoms with E-state index in [1.807, 2.05) is 6.20 Å². The molecule has 5 nitrogen and oxygen atoms in total. The predicted octanol–water partition coefficient (Wildman–Crippen LogP) is 18.5. The van der Waals surface area contributed by atoms with Gasteiger partial charge in [0.05, 0.1) is 22.8 Å². The number of furan rings is 1. The molecule has 1 aliphatic rings. The molecular formula is C62H69N3O2. The molecule has 0 spiro atoms. The third-order valence-electron chi connectivity index (χ3n) is 13.7. The van der Waals surface area contributed by atoms with E-state index >= 15 is 0 Å². The maximum absolute atomic E-state index is 7.17. The second kappa shape index (κ2) is 17.4. The van der Waals surface area contributed by atoms with Crippen molar-refractivity contribution in [3.05, 3.63) is 166 Å². The lowest BCUT2D eigenvalue weighted by molar-refractivity contribution is 0.473. The molecule has 6 aromatic carbocycles. The predicted molar refractivity (Wildman–Crippen MR) is 284 cm³/mol. The Morgan fingerprint density at radius 2 is 1.21 bits per heavy atom. The van der Waals surface area contributed by atoms with Gasteiger partial charge in [0.2, 0.25) is 0 Å². The van der Waals surface area contributed by atoms with Crippen molar-refractivity contribution in [3.8, 4) is 33.9 Å². The molecule has 0 amide bonds. The van der Waals surface area contributed by atoms with E-state index in [0.29, 0.717) is 11.8 Å². The van der Waals surface area contributed by atoms with Crippen molar-refractivity contribution in [2.24, 2.45) is 0 Å². The first-order valence-corrected chi connectivity index (χ1v) is 24.5. The van der Waals surface area contributed by atoms with Crippen molar-refractivity contribution in [1.29, 1.82) is 0 Å². The molecule has 67 heavy (non-hydrogen) atoms. The normalized spacial score (nSPS) is 14.3. The number of fused-ring (bicyclic) bond motifs is 4. The summed E-state index contributed by atoms with van der Waals surface area (Å²) in [6.45, 7) is 32.0. The molecule has 2 aromatic heterocycles. The first kappa shape index (κ1) is 45.8. The lowest BCUT2D eigenvalue weighted by atomic mass is 9.84. The van der Waals surface area contributed by atoms with Crippen LogP contribution in [0.15, 0.2) is 132 Å². The maximum Gasteiger partial charge on any atom is 0.140 e. The van der Waals surface area contributed by atoms with Crippen LogP contribution in [0.5, 0.6) is 11.5 Å². The number of nitrogens with zero attached hydrogens (tertiary/aromatic N) is 2. The Bertz CT molecular complexity index is 3110. The van der Waals surface area contributed by atoms with E-state index < -0.39 is 0 Å². The highest BCUT2D eigenvalue weighted by molar-refractivity contribution is 6.08. The van der Waals surface area contributed by atoms with E-state index in [1.165, 1.54) is 55.6 Å². The van der Waals surface area contributed by atoms with E-state index in [1.54, 1.807) is 0 Å². The van der Waals surface area contributed by atoms with Gasteiger partial charge in [0.25, 0.3) is 0 Å². The van der Waals surface area contributed by atoms with Crippen LogP contribution in [0.3, 0.4) is 0 Å². The minimum absolute atomic E-state index is 0.136. The van der Waals surface area contributed by atoms with E-state index in [-0.39, 0.29) is 28.8 Å². The van der Waals surface area contributed by atoms with Crippen molar-refractivity contribution >= 4 is 39.0 Å². The number of rotatable bonds is 10. The highest BCUT2D eigenvalue weighted by Crippen LogP contribution is 2.54. The Hall–Kier alpha value is -6.33. The number of para-hydroxylation sites is 3. The molecular weight excluding hydrogens is 819 g/mol. The fraction of sp³-hybridized carbons (Fsp3) is 0.339. The molecule has 0 radical (unpaired) electrons. The molecule has 344 valence electrons. The van der Waals surface area contributed by atoms with Crippen LogP contribution >= 0.6 is 0 Å². The Morgan fingerprint density at radius 3 is 1.87 bits per heavy atom. The zero-order chi connectivity index (χ0) is 47.7. The summed E-state index contributed by atoms with van der Waals surface area (Å²) in [6.07, 6.45) is 1.74. The first-order valence-electron chi connectivity index (χ1n) is 24.5. The fourth-order valence-corrected chi connectivity index (χ4v) is 10.1. The molecule has 0 fully saturated rings. The minimum Gasteiger partial charge on any atom is -0.457 e. The van der Waals surface area contributed by atoms with Crippen LogP contribution in [0.2, 0.25) is 0 Å². The molecule has 8 aromatic rings. The van der Waals surface area contributed by atoms with Gasteiger partial charge in [-0.1, -0.05) is 152 Å². The summed E-state index contributed by atoms with van der Waals surface area (Å²) < 4.78 is 14.0. The van der Waals surface area contributed by atoms with Gasteiger partial charge in [-0.25, -0.2) is 0 Å². The second-order valence-electron chi connectivity index (χ2n) is 22.1. The Labute approximate surface area is 399 Å². The number of pyridine rings is 1. The standard InChI is InChI=1S/C62H69N3O2/c1-36(2)47-21-19-22-48(37(3)4)57(47)40-26-27-63-53(32-40)41-28-43(61(9,10)11)33-45(30-41)66-46-31-42(29-44(34-46)62(12,13)14)60-64-52-23-16-17-24-54(52)65(60)58-50(38(5)6)35-51-49-20-15-18-25-55(49)67-59(51)56(58)39(7)8/h15-39,60,64H,1-14H3. The fourth-order valence-electron chi connectivity index (χ4n) is 10.1. The number of hydrogen-bond acceptors (Lipinski definition) is 5. The van der Waals surface area contributed by atoms with Crippen molar-refractivity contribution < 1.29 is 9.15 Å². The van der Waals surface area contributed by atoms with Crippen LogP contribution in [-0.4, -0.2) is 4.98 Å². The van der Waals surface area contributed by atoms with Crippen molar-refractivity contribution in [3.63, 3.8) is 0 Å². The van der Waals surface area contributed by atoms with Gasteiger partial charge < -0.3 is 19.4 Å². The number of aromatic nitrogens is 1. The maximum atomic E-state index is 7.17. The zero-order valence-corrected chi connectivity index (χ0v) is 42.2. The molecule has 1 aliphatic heterocycles. The van der Waals surface area contributed by atoms with Crippen LogP contribution in [0, 0.1) is 0 Å². The molecule has 3 heterocycles. The largest absolute Gasteiger partial charge is 0.457 e. The molecule has 9 rings (SSSR count). The average Bonchev–Trinajstić information content (AvgIpc) is 3.86. The van der Waals surface area contributed by atoms with Crippen LogP contribution in [0.1, 0.15) is 166 Å². The molecule has 1 atom stereocenters. The summed E-state index contributed by atoms with van der Waals surface area (Å²) in [5, 5.41) is 6.34. The van der Waals surface area contributed by atoms with E-state index in [4.69, 9.17) is 14.1 Å². The van der Waals surface area contributed by atoms with E-state index in [0.717, 1.165) is 56.2 Å². The molecule has 0 bridgehead atoms. The number of anilines is 3. The monoisotopic (exact) mass is 888 g/mol. The van der Waals surface area contributed by atoms with Gasteiger partial charge in [0.15, 0.2) is 0 Å². The van der Waals surface area contributed by atoms with E-state index in [9.17, 15) is 0 Å². The van der Waals surface area contributed by atoms with Gasteiger partial charge in [0, 0.05) is 28.1 Å². The van der Waals surface area contributed by atoms with Crippen LogP contribution in [0.4, 0.5) is 17.1 Å². The smallest absolute Gasteiger partial charge is 0.140 e. The van der Waals surface area contributed by atoms with Crippen LogP contribution in [-0.2, 0) is 10.8 Å². The summed E-state index contributed by atoms with van der Waals surface area (Å²) in [5.74, 6) is 2.80. The summed E-state index contributed by atoms with van der Waals surface area (Å²) in [5.41, 5.74) is 18.3. The summed E-state index contributed by atoms with van der Waals surface area (Å²) in [6, 6.07) is 44.3. The first-order chi connectivity index (χ1) is 31.8. The van der Waals surface area contributed by atoms with Crippen molar-refractivity contribution in [2.75, 3.05) is 10.2 Å². The third kappa shape index (κ3) is 8.63. The van der Waals surface area contributed by atoms with Crippen molar-refractivity contribution in [1.82, 2.24) is 4.98 Å². The number of benzene rings is 6. The van der Waals surface area contributed by atoms with Crippen molar-refractivity contribution in [2.45, 2.75) is 138 Å². The Kier molecular flexibility index (Phi) is 11.9. The third-order valence-corrected chi connectivity index (χ3v) is 13.7. The van der Waals surface area contributed by atoms with Gasteiger partial charge in [-0.05, 0) is 146 Å². The number of hydrogen-bond donors (Lipinski definition) is 1. The van der Waals surface area contributed by atoms with Gasteiger partial charge in [-0.15, -0.1) is 0 Å². The summed E-state index contributed by atoms with van der Waals surface area (Å²) in [7, 11) is 0. The Morgan fingerprint density at radius 1 is 0.582 bits per heavy atom. The van der Waals surface area contributed by atoms with Gasteiger partial charge in [0.1, 0.15) is 28.8 Å². The molecule has 1 unspecified atom stereocenters. The number of ether oxygens (including phenoxy) is 1. The second-order valence-corrected chi connectivity index (χ2v) is 22.1. The average molecular weight is 888 g/mol. The quantitative estimate of drug-likeness (QED) is 0.148. The lowest BCUT2D eigenvalue weighted by Gasteiger charge is -2.34. The van der Waals surface area contributed by atoms with Gasteiger partial charge in [-0.2, -0.15) is 0 Å².